The number of anilines is 1. The van der Waals surface area contributed by atoms with Crippen LogP contribution in [0.4, 0.5) is 5.82 Å². The van der Waals surface area contributed by atoms with Gasteiger partial charge in [0.15, 0.2) is 11.0 Å². The Morgan fingerprint density at radius 3 is 2.76 bits per heavy atom. The molecule has 0 radical (unpaired) electrons. The molecule has 3 aromatic heterocycles. The van der Waals surface area contributed by atoms with Crippen LogP contribution in [0.1, 0.15) is 10.5 Å². The van der Waals surface area contributed by atoms with E-state index in [1.54, 1.807) is 19.2 Å². The number of aromatic amines is 1. The SMILES string of the molecule is COc1cc(Sc2ncn[nH]2)nc(C(=O)Nc2ccon2)c1Sc1ccccc1. The smallest absolute Gasteiger partial charge is 0.276 e. The minimum atomic E-state index is -0.435. The minimum Gasteiger partial charge on any atom is -0.495 e. The number of aromatic nitrogens is 5. The number of nitrogens with zero attached hydrogens (tertiary/aromatic N) is 4. The average molecular weight is 426 g/mol. The fraction of sp³-hybridized carbons (Fsp3) is 0.0556. The highest BCUT2D eigenvalue weighted by molar-refractivity contribution is 7.99. The summed E-state index contributed by atoms with van der Waals surface area (Å²) in [4.78, 5) is 23.1. The van der Waals surface area contributed by atoms with E-state index in [-0.39, 0.29) is 5.69 Å². The van der Waals surface area contributed by atoms with Crippen LogP contribution in [0.2, 0.25) is 0 Å². The number of nitrogens with one attached hydrogen (secondary N) is 2. The Hall–Kier alpha value is -3.31. The number of H-pyrrole nitrogens is 1. The molecule has 0 saturated heterocycles. The molecule has 0 atom stereocenters. The van der Waals surface area contributed by atoms with Crippen LogP contribution in [0.25, 0.3) is 0 Å². The lowest BCUT2D eigenvalue weighted by Gasteiger charge is -2.14. The lowest BCUT2D eigenvalue weighted by Crippen LogP contribution is -2.16. The summed E-state index contributed by atoms with van der Waals surface area (Å²) in [6.07, 6.45) is 2.77. The van der Waals surface area contributed by atoms with Crippen LogP contribution in [0.15, 0.2) is 79.6 Å². The third-order valence-corrected chi connectivity index (χ3v) is 5.50. The third-order valence-electron chi connectivity index (χ3n) is 3.59. The molecule has 0 aliphatic heterocycles. The molecule has 0 spiro atoms. The number of pyridine rings is 1. The number of carbonyl (C=O) groups excluding carboxylic acids is 1. The molecule has 146 valence electrons. The van der Waals surface area contributed by atoms with E-state index in [1.165, 1.54) is 36.1 Å². The lowest BCUT2D eigenvalue weighted by molar-refractivity contribution is 0.101. The van der Waals surface area contributed by atoms with E-state index in [4.69, 9.17) is 9.26 Å². The zero-order valence-electron chi connectivity index (χ0n) is 15.0. The van der Waals surface area contributed by atoms with Gasteiger partial charge in [-0.1, -0.05) is 35.1 Å². The van der Waals surface area contributed by atoms with E-state index in [0.29, 0.717) is 26.6 Å². The van der Waals surface area contributed by atoms with E-state index < -0.39 is 5.91 Å². The van der Waals surface area contributed by atoms with Gasteiger partial charge in [0.05, 0.1) is 12.0 Å². The predicted molar refractivity (Wildman–Crippen MR) is 106 cm³/mol. The van der Waals surface area contributed by atoms with E-state index >= 15 is 0 Å². The Labute approximate surface area is 173 Å². The first kappa shape index (κ1) is 19.0. The van der Waals surface area contributed by atoms with Gasteiger partial charge in [-0.3, -0.25) is 9.89 Å². The fourth-order valence-corrected chi connectivity index (χ4v) is 4.05. The average Bonchev–Trinajstić information content (AvgIpc) is 3.44. The van der Waals surface area contributed by atoms with Gasteiger partial charge in [-0.25, -0.2) is 9.97 Å². The molecule has 0 fully saturated rings. The van der Waals surface area contributed by atoms with Gasteiger partial charge in [-0.15, -0.1) is 0 Å². The first-order valence-corrected chi connectivity index (χ1v) is 9.93. The summed E-state index contributed by atoms with van der Waals surface area (Å²) in [6, 6.07) is 13.0. The second-order valence-electron chi connectivity index (χ2n) is 5.49. The summed E-state index contributed by atoms with van der Waals surface area (Å²) in [7, 11) is 1.55. The summed E-state index contributed by atoms with van der Waals surface area (Å²) in [5, 5.41) is 14.1. The summed E-state index contributed by atoms with van der Waals surface area (Å²) >= 11 is 2.62. The number of methoxy groups -OCH3 is 1. The standard InChI is InChI=1S/C18H14N6O3S2/c1-26-12-9-14(29-18-19-10-20-23-18)22-15(17(25)21-13-7-8-27-24-13)16(12)28-11-5-3-2-4-6-11/h2-10H,1H3,(H,19,20,23)(H,21,24,25). The van der Waals surface area contributed by atoms with Crippen molar-refractivity contribution in [3.63, 3.8) is 0 Å². The first-order chi connectivity index (χ1) is 14.2. The highest BCUT2D eigenvalue weighted by Crippen LogP contribution is 2.40. The molecule has 29 heavy (non-hydrogen) atoms. The Balaban J connectivity index is 1.75. The van der Waals surface area contributed by atoms with Crippen molar-refractivity contribution in [2.75, 3.05) is 12.4 Å². The molecule has 1 aromatic carbocycles. The van der Waals surface area contributed by atoms with Crippen LogP contribution in [0, 0.1) is 0 Å². The summed E-state index contributed by atoms with van der Waals surface area (Å²) in [6.45, 7) is 0. The maximum atomic E-state index is 13.0. The van der Waals surface area contributed by atoms with Gasteiger partial charge in [0.2, 0.25) is 0 Å². The Morgan fingerprint density at radius 1 is 1.21 bits per heavy atom. The van der Waals surface area contributed by atoms with Crippen LogP contribution < -0.4 is 10.1 Å². The Kier molecular flexibility index (Phi) is 5.77. The summed E-state index contributed by atoms with van der Waals surface area (Å²) in [5.74, 6) is 0.372. The van der Waals surface area contributed by atoms with Crippen molar-refractivity contribution < 1.29 is 14.1 Å². The van der Waals surface area contributed by atoms with E-state index in [9.17, 15) is 4.79 Å². The molecule has 9 nitrogen and oxygen atoms in total. The molecule has 0 unspecified atom stereocenters. The van der Waals surface area contributed by atoms with Gasteiger partial charge in [0.1, 0.15) is 29.1 Å². The number of hydrogen-bond acceptors (Lipinski definition) is 9. The maximum Gasteiger partial charge on any atom is 0.276 e. The van der Waals surface area contributed by atoms with Crippen LogP contribution in [-0.4, -0.2) is 38.3 Å². The van der Waals surface area contributed by atoms with E-state index in [2.05, 4.69) is 30.6 Å². The van der Waals surface area contributed by atoms with Gasteiger partial charge < -0.3 is 14.6 Å². The van der Waals surface area contributed by atoms with Crippen molar-refractivity contribution in [3.05, 3.63) is 60.7 Å². The second-order valence-corrected chi connectivity index (χ2v) is 7.58. The molecular formula is C18H14N6O3S2. The molecule has 1 amide bonds. The largest absolute Gasteiger partial charge is 0.495 e. The third kappa shape index (κ3) is 4.58. The molecule has 4 aromatic rings. The van der Waals surface area contributed by atoms with Crippen molar-refractivity contribution in [3.8, 4) is 5.75 Å². The molecule has 0 saturated carbocycles. The van der Waals surface area contributed by atoms with Crippen LogP contribution in [0.3, 0.4) is 0 Å². The van der Waals surface area contributed by atoms with Gasteiger partial charge in [-0.2, -0.15) is 5.10 Å². The topological polar surface area (TPSA) is 119 Å². The lowest BCUT2D eigenvalue weighted by atomic mass is 10.3. The van der Waals surface area contributed by atoms with E-state index in [1.807, 2.05) is 30.3 Å². The zero-order valence-corrected chi connectivity index (χ0v) is 16.7. The van der Waals surface area contributed by atoms with Gasteiger partial charge in [0, 0.05) is 17.0 Å². The highest BCUT2D eigenvalue weighted by Gasteiger charge is 2.22. The Morgan fingerprint density at radius 2 is 2.07 bits per heavy atom. The summed E-state index contributed by atoms with van der Waals surface area (Å²) < 4.78 is 10.3. The van der Waals surface area contributed by atoms with Crippen molar-refractivity contribution in [2.24, 2.45) is 0 Å². The molecule has 3 heterocycles. The number of hydrogen-bond donors (Lipinski definition) is 2. The molecule has 0 aliphatic carbocycles. The van der Waals surface area contributed by atoms with Gasteiger partial charge in [0.25, 0.3) is 5.91 Å². The number of carbonyl (C=O) groups is 1. The number of benzene rings is 1. The Bertz CT molecular complexity index is 1090. The number of amides is 1. The van der Waals surface area contributed by atoms with E-state index in [0.717, 1.165) is 4.90 Å². The van der Waals surface area contributed by atoms with Crippen molar-refractivity contribution in [1.82, 2.24) is 25.3 Å². The summed E-state index contributed by atoms with van der Waals surface area (Å²) in [5.41, 5.74) is 0.197. The minimum absolute atomic E-state index is 0.197. The fourth-order valence-electron chi connectivity index (χ4n) is 2.35. The van der Waals surface area contributed by atoms with Crippen LogP contribution >= 0.6 is 23.5 Å². The molecule has 2 N–H and O–H groups in total. The normalized spacial score (nSPS) is 10.7. The molecule has 11 heteroatoms. The number of ether oxygens (including phenoxy) is 1. The van der Waals surface area contributed by atoms with Crippen molar-refractivity contribution in [2.45, 2.75) is 20.0 Å². The molecular weight excluding hydrogens is 412 g/mol. The monoisotopic (exact) mass is 426 g/mol. The highest BCUT2D eigenvalue weighted by atomic mass is 32.2. The quantitative estimate of drug-likeness (QED) is 0.455. The van der Waals surface area contributed by atoms with Crippen LogP contribution in [-0.2, 0) is 0 Å². The van der Waals surface area contributed by atoms with Crippen LogP contribution in [0.5, 0.6) is 5.75 Å². The molecule has 0 bridgehead atoms. The zero-order chi connectivity index (χ0) is 20.1. The molecule has 0 aliphatic rings. The predicted octanol–water partition coefficient (Wildman–Crippen LogP) is 3.75. The molecule has 4 rings (SSSR count). The maximum absolute atomic E-state index is 13.0. The van der Waals surface area contributed by atoms with Gasteiger partial charge in [-0.05, 0) is 23.9 Å². The van der Waals surface area contributed by atoms with Gasteiger partial charge >= 0.3 is 0 Å². The second kappa shape index (κ2) is 8.80. The van der Waals surface area contributed by atoms with Crippen molar-refractivity contribution >= 4 is 35.2 Å². The van der Waals surface area contributed by atoms with Crippen molar-refractivity contribution in [1.29, 1.82) is 0 Å². The number of rotatable bonds is 7. The first-order valence-electron chi connectivity index (χ1n) is 8.30.